The predicted octanol–water partition coefficient (Wildman–Crippen LogP) is 1.88. The lowest BCUT2D eigenvalue weighted by Gasteiger charge is -2.26. The average molecular weight is 424 g/mol. The van der Waals surface area contributed by atoms with Gasteiger partial charge in [0.2, 0.25) is 0 Å². The highest BCUT2D eigenvalue weighted by molar-refractivity contribution is 7.90. The third kappa shape index (κ3) is 2.98. The molecule has 2 aliphatic rings. The number of aromatic nitrogens is 2. The molecule has 0 unspecified atom stereocenters. The Balaban J connectivity index is 1.76. The Morgan fingerprint density at radius 3 is 2.60 bits per heavy atom. The van der Waals surface area contributed by atoms with Gasteiger partial charge in [-0.05, 0) is 24.3 Å². The molecule has 3 aromatic rings. The van der Waals surface area contributed by atoms with Crippen molar-refractivity contribution in [2.75, 3.05) is 32.0 Å². The van der Waals surface area contributed by atoms with Crippen LogP contribution >= 0.6 is 0 Å². The molecule has 1 aromatic heterocycles. The monoisotopic (exact) mass is 424 g/mol. The van der Waals surface area contributed by atoms with Crippen molar-refractivity contribution in [3.63, 3.8) is 0 Å². The number of amides is 1. The summed E-state index contributed by atoms with van der Waals surface area (Å²) in [6, 6.07) is 14.0. The lowest BCUT2D eigenvalue weighted by atomic mass is 10.0. The maximum absolute atomic E-state index is 13.3. The summed E-state index contributed by atoms with van der Waals surface area (Å²) in [6.07, 6.45) is 0. The molecule has 0 atom stereocenters. The molecule has 1 saturated heterocycles. The number of fused-ring (bicyclic) bond motifs is 3. The zero-order valence-corrected chi connectivity index (χ0v) is 16.9. The number of morpholine rings is 1. The van der Waals surface area contributed by atoms with Crippen molar-refractivity contribution < 1.29 is 17.9 Å². The van der Waals surface area contributed by atoms with Crippen LogP contribution in [0.25, 0.3) is 16.9 Å². The van der Waals surface area contributed by atoms with E-state index in [-0.39, 0.29) is 22.2 Å². The van der Waals surface area contributed by atoms with Crippen LogP contribution in [0.4, 0.5) is 5.69 Å². The van der Waals surface area contributed by atoms with Crippen molar-refractivity contribution in [2.45, 2.75) is 10.6 Å². The molecule has 2 aromatic carbocycles. The lowest BCUT2D eigenvalue weighted by molar-refractivity contribution is 0.0298. The number of nitrogens with two attached hydrogens (primary N) is 1. The van der Waals surface area contributed by atoms with Crippen LogP contribution in [0.3, 0.4) is 0 Å². The predicted molar refractivity (Wildman–Crippen MR) is 111 cm³/mol. The molecular weight excluding hydrogens is 404 g/mol. The van der Waals surface area contributed by atoms with Gasteiger partial charge in [-0.15, -0.1) is 0 Å². The molecule has 1 fully saturated rings. The number of nitrogens with zero attached hydrogens (tertiary/aromatic N) is 3. The van der Waals surface area contributed by atoms with Crippen LogP contribution in [0.5, 0.6) is 0 Å². The third-order valence-electron chi connectivity index (χ3n) is 5.41. The molecule has 0 bridgehead atoms. The van der Waals surface area contributed by atoms with Gasteiger partial charge in [0, 0.05) is 29.9 Å². The zero-order chi connectivity index (χ0) is 20.9. The molecule has 0 aliphatic carbocycles. The van der Waals surface area contributed by atoms with Crippen LogP contribution in [0, 0.1) is 0 Å². The van der Waals surface area contributed by atoms with E-state index < -0.39 is 9.84 Å². The van der Waals surface area contributed by atoms with E-state index in [1.54, 1.807) is 52.0 Å². The fourth-order valence-corrected chi connectivity index (χ4v) is 5.59. The molecule has 0 saturated carbocycles. The smallest absolute Gasteiger partial charge is 0.274 e. The fraction of sp³-hybridized carbons (Fsp3) is 0.238. The van der Waals surface area contributed by atoms with Crippen LogP contribution in [0.1, 0.15) is 16.1 Å². The Morgan fingerprint density at radius 1 is 1.07 bits per heavy atom. The minimum atomic E-state index is -3.59. The minimum absolute atomic E-state index is 0.160. The van der Waals surface area contributed by atoms with Crippen LogP contribution in [0.15, 0.2) is 53.4 Å². The molecule has 1 amide bonds. The van der Waals surface area contributed by atoms with Gasteiger partial charge >= 0.3 is 0 Å². The van der Waals surface area contributed by atoms with Crippen LogP contribution < -0.4 is 5.73 Å². The Kier molecular flexibility index (Phi) is 4.37. The van der Waals surface area contributed by atoms with Crippen molar-refractivity contribution in [1.82, 2.24) is 14.7 Å². The maximum Gasteiger partial charge on any atom is 0.274 e. The number of hydrogen-bond acceptors (Lipinski definition) is 6. The Labute approximate surface area is 173 Å². The van der Waals surface area contributed by atoms with E-state index in [4.69, 9.17) is 10.5 Å². The van der Waals surface area contributed by atoms with E-state index in [9.17, 15) is 13.2 Å². The highest BCUT2D eigenvalue weighted by atomic mass is 32.2. The number of benzene rings is 2. The average Bonchev–Trinajstić information content (AvgIpc) is 3.12. The van der Waals surface area contributed by atoms with Crippen molar-refractivity contribution in [2.24, 2.45) is 0 Å². The van der Waals surface area contributed by atoms with E-state index in [2.05, 4.69) is 5.10 Å². The molecule has 2 aliphatic heterocycles. The number of carbonyl (C=O) groups excluding carboxylic acids is 1. The molecule has 3 heterocycles. The second kappa shape index (κ2) is 6.96. The summed E-state index contributed by atoms with van der Waals surface area (Å²) >= 11 is 0. The van der Waals surface area contributed by atoms with Crippen molar-refractivity contribution in [3.05, 3.63) is 59.8 Å². The first-order chi connectivity index (χ1) is 14.5. The van der Waals surface area contributed by atoms with Crippen LogP contribution in [-0.2, 0) is 20.3 Å². The van der Waals surface area contributed by atoms with E-state index in [0.717, 1.165) is 0 Å². The summed E-state index contributed by atoms with van der Waals surface area (Å²) in [7, 11) is -3.59. The molecule has 5 rings (SSSR count). The molecule has 8 nitrogen and oxygen atoms in total. The number of carbonyl (C=O) groups is 1. The maximum atomic E-state index is 13.3. The first-order valence-corrected chi connectivity index (χ1v) is 11.3. The quantitative estimate of drug-likeness (QED) is 0.630. The fourth-order valence-electron chi connectivity index (χ4n) is 4.00. The highest BCUT2D eigenvalue weighted by Crippen LogP contribution is 2.40. The lowest BCUT2D eigenvalue weighted by Crippen LogP contribution is -2.41. The number of anilines is 1. The molecule has 30 heavy (non-hydrogen) atoms. The number of sulfone groups is 1. The van der Waals surface area contributed by atoms with Crippen molar-refractivity contribution in [3.8, 4) is 16.9 Å². The van der Waals surface area contributed by atoms with Gasteiger partial charge in [0.15, 0.2) is 15.5 Å². The minimum Gasteiger partial charge on any atom is -0.399 e. The van der Waals surface area contributed by atoms with E-state index in [1.807, 2.05) is 6.07 Å². The SMILES string of the molecule is Nc1cccc(-n2nc(C(=O)N3CCOCC3)c3c2-c2ccccc2S(=O)(=O)C3)c1. The molecule has 2 N–H and O–H groups in total. The van der Waals surface area contributed by atoms with E-state index >= 15 is 0 Å². The van der Waals surface area contributed by atoms with E-state index in [0.29, 0.717) is 54.5 Å². The van der Waals surface area contributed by atoms with Gasteiger partial charge < -0.3 is 15.4 Å². The van der Waals surface area contributed by atoms with Gasteiger partial charge in [-0.25, -0.2) is 13.1 Å². The third-order valence-corrected chi connectivity index (χ3v) is 7.11. The van der Waals surface area contributed by atoms with Gasteiger partial charge in [0.25, 0.3) is 5.91 Å². The van der Waals surface area contributed by atoms with Crippen molar-refractivity contribution >= 4 is 21.4 Å². The standard InChI is InChI=1S/C21H20N4O4S/c22-14-4-3-5-15(12-14)25-20-16-6-1-2-7-18(16)30(27,28)13-17(20)19(23-25)21(26)24-8-10-29-11-9-24/h1-7,12H,8-11,13,22H2. The summed E-state index contributed by atoms with van der Waals surface area (Å²) in [6.45, 7) is 1.79. The molecule has 9 heteroatoms. The summed E-state index contributed by atoms with van der Waals surface area (Å²) < 4.78 is 32.9. The summed E-state index contributed by atoms with van der Waals surface area (Å²) in [5, 5.41) is 4.61. The summed E-state index contributed by atoms with van der Waals surface area (Å²) in [5.74, 6) is -0.556. The number of ether oxygens (including phenoxy) is 1. The van der Waals surface area contributed by atoms with Crippen molar-refractivity contribution in [1.29, 1.82) is 0 Å². The summed E-state index contributed by atoms with van der Waals surface area (Å²) in [5.41, 5.74) is 8.92. The highest BCUT2D eigenvalue weighted by Gasteiger charge is 2.37. The second-order valence-electron chi connectivity index (χ2n) is 7.34. The number of hydrogen-bond donors (Lipinski definition) is 1. The Morgan fingerprint density at radius 2 is 1.83 bits per heavy atom. The molecule has 154 valence electrons. The first kappa shape index (κ1) is 18.8. The van der Waals surface area contributed by atoms with Gasteiger partial charge in [-0.3, -0.25) is 4.79 Å². The summed E-state index contributed by atoms with van der Waals surface area (Å²) in [4.78, 5) is 15.2. The Bertz CT molecular complexity index is 1260. The normalized spacial score (nSPS) is 17.3. The first-order valence-electron chi connectivity index (χ1n) is 9.63. The molecular formula is C21H20N4O4S. The van der Waals surface area contributed by atoms with Gasteiger partial charge in [0.05, 0.1) is 35.2 Å². The van der Waals surface area contributed by atoms with Gasteiger partial charge in [-0.2, -0.15) is 5.10 Å². The topological polar surface area (TPSA) is 108 Å². The zero-order valence-electron chi connectivity index (χ0n) is 16.1. The van der Waals surface area contributed by atoms with Gasteiger partial charge in [0.1, 0.15) is 0 Å². The van der Waals surface area contributed by atoms with Crippen LogP contribution in [0.2, 0.25) is 0 Å². The largest absolute Gasteiger partial charge is 0.399 e. The Hall–Kier alpha value is -3.17. The number of rotatable bonds is 2. The molecule has 0 radical (unpaired) electrons. The van der Waals surface area contributed by atoms with Gasteiger partial charge in [-0.1, -0.05) is 24.3 Å². The van der Waals surface area contributed by atoms with E-state index in [1.165, 1.54) is 0 Å². The molecule has 0 spiro atoms. The number of nitrogen functional groups attached to an aromatic ring is 1. The second-order valence-corrected chi connectivity index (χ2v) is 9.30. The van der Waals surface area contributed by atoms with Crippen LogP contribution in [-0.4, -0.2) is 55.3 Å².